The number of hydrogen-bond donors (Lipinski definition) is 0. The quantitative estimate of drug-likeness (QED) is 0.607. The molecule has 0 unspecified atom stereocenters. The van der Waals surface area contributed by atoms with Crippen LogP contribution in [0.15, 0.2) is 17.0 Å². The maximum absolute atomic E-state index is 12.9. The molecule has 0 radical (unpaired) electrons. The van der Waals surface area contributed by atoms with Gasteiger partial charge in [0, 0.05) is 19.7 Å². The number of hydrogen-bond acceptors (Lipinski definition) is 7. The van der Waals surface area contributed by atoms with Gasteiger partial charge in [-0.1, -0.05) is 0 Å². The van der Waals surface area contributed by atoms with Gasteiger partial charge in [0.15, 0.2) is 0 Å². The molecule has 0 atom stereocenters. The molecular formula is C17H24N2O7S. The number of benzene rings is 1. The van der Waals surface area contributed by atoms with Crippen molar-refractivity contribution in [3.8, 4) is 0 Å². The van der Waals surface area contributed by atoms with Crippen molar-refractivity contribution >= 4 is 27.9 Å². The zero-order valence-electron chi connectivity index (χ0n) is 16.2. The molecule has 0 bridgehead atoms. The molecule has 0 spiro atoms. The number of amides is 1. The molecule has 1 aromatic carbocycles. The highest BCUT2D eigenvalue weighted by Crippen LogP contribution is 2.24. The van der Waals surface area contributed by atoms with Gasteiger partial charge >= 0.3 is 11.9 Å². The van der Waals surface area contributed by atoms with Crippen LogP contribution in [0.3, 0.4) is 0 Å². The Hall–Kier alpha value is -2.46. The van der Waals surface area contributed by atoms with E-state index < -0.39 is 41.0 Å². The third-order valence-corrected chi connectivity index (χ3v) is 5.95. The number of esters is 2. The van der Waals surface area contributed by atoms with E-state index in [0.717, 1.165) is 23.4 Å². The van der Waals surface area contributed by atoms with E-state index >= 15 is 0 Å². The molecule has 27 heavy (non-hydrogen) atoms. The SMILES string of the molecule is COC(=O)CN(CC(=O)OC)C(=O)c1cc(C)c(C)c(S(=O)(=O)N(C)C)c1. The van der Waals surface area contributed by atoms with Crippen molar-refractivity contribution in [2.75, 3.05) is 41.4 Å². The molecule has 10 heteroatoms. The zero-order chi connectivity index (χ0) is 20.9. The Morgan fingerprint density at radius 3 is 1.85 bits per heavy atom. The smallest absolute Gasteiger partial charge is 0.325 e. The average Bonchev–Trinajstić information content (AvgIpc) is 2.61. The molecular weight excluding hydrogens is 376 g/mol. The van der Waals surface area contributed by atoms with Crippen LogP contribution in [0.1, 0.15) is 21.5 Å². The van der Waals surface area contributed by atoms with Crippen molar-refractivity contribution in [2.24, 2.45) is 0 Å². The van der Waals surface area contributed by atoms with Gasteiger partial charge in [0.2, 0.25) is 10.0 Å². The van der Waals surface area contributed by atoms with Gasteiger partial charge < -0.3 is 14.4 Å². The standard InChI is InChI=1S/C17H24N2O7S/c1-11-7-13(8-14(12(11)2)27(23,24)18(3)4)17(22)19(9-15(20)25-5)10-16(21)26-6/h7-8H,9-10H2,1-6H3. The average molecular weight is 400 g/mol. The predicted molar refractivity (Wildman–Crippen MR) is 96.7 cm³/mol. The molecule has 0 fully saturated rings. The van der Waals surface area contributed by atoms with Crippen LogP contribution in [-0.4, -0.2) is 76.9 Å². The summed E-state index contributed by atoms with van der Waals surface area (Å²) in [5.41, 5.74) is 1.12. The number of aryl methyl sites for hydroxylation is 1. The summed E-state index contributed by atoms with van der Waals surface area (Å²) in [6.07, 6.45) is 0. The fourth-order valence-corrected chi connectivity index (χ4v) is 3.46. The molecule has 150 valence electrons. The highest BCUT2D eigenvalue weighted by Gasteiger charge is 2.27. The van der Waals surface area contributed by atoms with Crippen molar-refractivity contribution in [3.63, 3.8) is 0 Å². The zero-order valence-corrected chi connectivity index (χ0v) is 17.0. The first-order valence-corrected chi connectivity index (χ1v) is 9.36. The summed E-state index contributed by atoms with van der Waals surface area (Å²) in [5, 5.41) is 0. The fraction of sp³-hybridized carbons (Fsp3) is 0.471. The number of nitrogens with zero attached hydrogens (tertiary/aromatic N) is 2. The molecule has 0 heterocycles. The van der Waals surface area contributed by atoms with Crippen LogP contribution in [0, 0.1) is 13.8 Å². The van der Waals surface area contributed by atoms with E-state index in [1.165, 1.54) is 26.2 Å². The number of carbonyl (C=O) groups excluding carboxylic acids is 3. The summed E-state index contributed by atoms with van der Waals surface area (Å²) in [7, 11) is 1.30. The third-order valence-electron chi connectivity index (χ3n) is 4.01. The van der Waals surface area contributed by atoms with Gasteiger partial charge in [-0.15, -0.1) is 0 Å². The summed E-state index contributed by atoms with van der Waals surface area (Å²) >= 11 is 0. The number of carbonyl (C=O) groups is 3. The molecule has 1 aromatic rings. The van der Waals surface area contributed by atoms with Crippen molar-refractivity contribution in [3.05, 3.63) is 28.8 Å². The summed E-state index contributed by atoms with van der Waals surface area (Å²) in [5.74, 6) is -2.14. The van der Waals surface area contributed by atoms with E-state index in [1.54, 1.807) is 13.8 Å². The number of ether oxygens (including phenoxy) is 2. The molecule has 0 N–H and O–H groups in total. The first-order valence-electron chi connectivity index (χ1n) is 7.92. The monoisotopic (exact) mass is 400 g/mol. The molecule has 1 amide bonds. The maximum Gasteiger partial charge on any atom is 0.325 e. The Labute approximate surface area is 158 Å². The lowest BCUT2D eigenvalue weighted by Gasteiger charge is -2.22. The van der Waals surface area contributed by atoms with E-state index in [2.05, 4.69) is 9.47 Å². The van der Waals surface area contributed by atoms with Crippen LogP contribution >= 0.6 is 0 Å². The van der Waals surface area contributed by atoms with Gasteiger partial charge in [0.1, 0.15) is 13.1 Å². The largest absolute Gasteiger partial charge is 0.468 e. The molecule has 0 saturated heterocycles. The molecule has 0 aliphatic carbocycles. The summed E-state index contributed by atoms with van der Waals surface area (Å²) in [6.45, 7) is 2.35. The van der Waals surface area contributed by atoms with E-state index in [1.807, 2.05) is 0 Å². The Kier molecular flexibility index (Phi) is 7.49. The molecule has 0 aliphatic heterocycles. The number of rotatable bonds is 7. The van der Waals surface area contributed by atoms with Gasteiger partial charge in [0.25, 0.3) is 5.91 Å². The van der Waals surface area contributed by atoms with Crippen molar-refractivity contribution in [2.45, 2.75) is 18.7 Å². The Bertz CT molecular complexity index is 829. The van der Waals surface area contributed by atoms with Gasteiger partial charge in [-0.25, -0.2) is 12.7 Å². The molecule has 9 nitrogen and oxygen atoms in total. The first-order chi connectivity index (χ1) is 12.4. The van der Waals surface area contributed by atoms with E-state index in [-0.39, 0.29) is 10.5 Å². The maximum atomic E-state index is 12.9. The second kappa shape index (κ2) is 8.96. The van der Waals surface area contributed by atoms with E-state index in [0.29, 0.717) is 11.1 Å². The van der Waals surface area contributed by atoms with Crippen LogP contribution in [0.2, 0.25) is 0 Å². The third kappa shape index (κ3) is 5.27. The van der Waals surface area contributed by atoms with Gasteiger partial charge in [-0.05, 0) is 37.1 Å². The van der Waals surface area contributed by atoms with E-state index in [4.69, 9.17) is 0 Å². The number of methoxy groups -OCH3 is 2. The summed E-state index contributed by atoms with van der Waals surface area (Å²) in [4.78, 5) is 37.0. The molecule has 0 aliphatic rings. The van der Waals surface area contributed by atoms with Crippen LogP contribution < -0.4 is 0 Å². The second-order valence-corrected chi connectivity index (χ2v) is 8.14. The summed E-state index contributed by atoms with van der Waals surface area (Å²) < 4.78 is 35.2. The molecule has 1 rings (SSSR count). The minimum Gasteiger partial charge on any atom is -0.468 e. The first kappa shape index (κ1) is 22.6. The Morgan fingerprint density at radius 2 is 1.44 bits per heavy atom. The van der Waals surface area contributed by atoms with Crippen LogP contribution in [0.25, 0.3) is 0 Å². The lowest BCUT2D eigenvalue weighted by molar-refractivity contribution is -0.144. The minimum atomic E-state index is -3.79. The van der Waals surface area contributed by atoms with E-state index in [9.17, 15) is 22.8 Å². The second-order valence-electron chi connectivity index (χ2n) is 6.02. The highest BCUT2D eigenvalue weighted by atomic mass is 32.2. The van der Waals surface area contributed by atoms with Crippen molar-refractivity contribution < 1.29 is 32.3 Å². The van der Waals surface area contributed by atoms with Crippen LogP contribution in [0.5, 0.6) is 0 Å². The van der Waals surface area contributed by atoms with Crippen molar-refractivity contribution in [1.82, 2.24) is 9.21 Å². The topological polar surface area (TPSA) is 110 Å². The summed E-state index contributed by atoms with van der Waals surface area (Å²) in [6, 6.07) is 2.75. The fourth-order valence-electron chi connectivity index (χ4n) is 2.24. The Balaban J connectivity index is 3.43. The van der Waals surface area contributed by atoms with Gasteiger partial charge in [-0.3, -0.25) is 14.4 Å². The lowest BCUT2D eigenvalue weighted by atomic mass is 10.1. The van der Waals surface area contributed by atoms with Gasteiger partial charge in [0.05, 0.1) is 19.1 Å². The normalized spacial score (nSPS) is 11.2. The number of sulfonamides is 1. The van der Waals surface area contributed by atoms with Crippen molar-refractivity contribution in [1.29, 1.82) is 0 Å². The molecule has 0 saturated carbocycles. The minimum absolute atomic E-state index is 0.0214. The molecule has 0 aromatic heterocycles. The lowest BCUT2D eigenvalue weighted by Crippen LogP contribution is -2.40. The Morgan fingerprint density at radius 1 is 0.963 bits per heavy atom. The highest BCUT2D eigenvalue weighted by molar-refractivity contribution is 7.89. The van der Waals surface area contributed by atoms with Crippen LogP contribution in [0.4, 0.5) is 0 Å². The van der Waals surface area contributed by atoms with Gasteiger partial charge in [-0.2, -0.15) is 0 Å². The predicted octanol–water partition coefficient (Wildman–Crippen LogP) is 0.342. The van der Waals surface area contributed by atoms with Crippen LogP contribution in [-0.2, 0) is 29.1 Å².